The summed E-state index contributed by atoms with van der Waals surface area (Å²) < 4.78 is 7.56. The van der Waals surface area contributed by atoms with Gasteiger partial charge in [0.15, 0.2) is 5.16 Å². The lowest BCUT2D eigenvalue weighted by Crippen LogP contribution is -2.28. The van der Waals surface area contributed by atoms with Crippen LogP contribution in [0.2, 0.25) is 0 Å². The van der Waals surface area contributed by atoms with Crippen LogP contribution in [-0.4, -0.2) is 21.2 Å². The maximum Gasteiger partial charge on any atom is 0.231 e. The number of amides is 1. The largest absolute Gasteiger partial charge is 0.467 e. The van der Waals surface area contributed by atoms with Gasteiger partial charge < -0.3 is 14.3 Å². The van der Waals surface area contributed by atoms with Crippen molar-refractivity contribution in [3.8, 4) is 0 Å². The lowest BCUT2D eigenvalue weighted by atomic mass is 10.1. The van der Waals surface area contributed by atoms with E-state index in [4.69, 9.17) is 9.40 Å². The zero-order valence-corrected chi connectivity index (χ0v) is 16.3. The summed E-state index contributed by atoms with van der Waals surface area (Å²) in [5, 5.41) is 3.86. The molecule has 0 saturated carbocycles. The van der Waals surface area contributed by atoms with Gasteiger partial charge in [0.05, 0.1) is 29.1 Å². The van der Waals surface area contributed by atoms with E-state index in [9.17, 15) is 4.79 Å². The molecule has 0 radical (unpaired) electrons. The standard InChI is InChI=1S/C20H25N3O2S/c1-14(2)10-11-23-17-8-5-4-7-16(17)22-20(23)26-13-19(24)21-15(3)18-9-6-12-25-18/h4-9,12,14-15H,10-11,13H2,1-3H3,(H,21,24). The van der Waals surface area contributed by atoms with Crippen LogP contribution in [0.1, 0.15) is 39.0 Å². The summed E-state index contributed by atoms with van der Waals surface area (Å²) >= 11 is 1.48. The topological polar surface area (TPSA) is 60.1 Å². The molecule has 3 aromatic rings. The molecular weight excluding hydrogens is 346 g/mol. The molecule has 26 heavy (non-hydrogen) atoms. The second kappa shape index (κ2) is 8.45. The summed E-state index contributed by atoms with van der Waals surface area (Å²) in [6.07, 6.45) is 2.69. The van der Waals surface area contributed by atoms with Crippen LogP contribution >= 0.6 is 11.8 Å². The molecule has 0 aliphatic heterocycles. The predicted molar refractivity (Wildman–Crippen MR) is 105 cm³/mol. The fraction of sp³-hybridized carbons (Fsp3) is 0.400. The molecule has 0 bridgehead atoms. The van der Waals surface area contributed by atoms with Gasteiger partial charge in [-0.1, -0.05) is 37.7 Å². The van der Waals surface area contributed by atoms with Crippen LogP contribution < -0.4 is 5.32 Å². The van der Waals surface area contributed by atoms with E-state index >= 15 is 0 Å². The molecule has 0 spiro atoms. The van der Waals surface area contributed by atoms with Gasteiger partial charge in [-0.05, 0) is 43.5 Å². The minimum absolute atomic E-state index is 0.0265. The number of benzene rings is 1. The Morgan fingerprint density at radius 1 is 1.23 bits per heavy atom. The summed E-state index contributed by atoms with van der Waals surface area (Å²) in [5.41, 5.74) is 2.10. The number of hydrogen-bond donors (Lipinski definition) is 1. The number of nitrogens with one attached hydrogen (secondary N) is 1. The Bertz CT molecular complexity index is 855. The molecule has 1 atom stereocenters. The van der Waals surface area contributed by atoms with Gasteiger partial charge in [0.25, 0.3) is 0 Å². The van der Waals surface area contributed by atoms with Crippen LogP contribution in [0.5, 0.6) is 0 Å². The predicted octanol–water partition coefficient (Wildman–Crippen LogP) is 4.64. The second-order valence-corrected chi connectivity index (χ2v) is 7.75. The van der Waals surface area contributed by atoms with Gasteiger partial charge in [-0.15, -0.1) is 0 Å². The molecule has 1 amide bonds. The van der Waals surface area contributed by atoms with Crippen molar-refractivity contribution in [2.45, 2.75) is 44.9 Å². The number of fused-ring (bicyclic) bond motifs is 1. The number of furan rings is 1. The number of carbonyl (C=O) groups is 1. The molecule has 0 aliphatic rings. The zero-order chi connectivity index (χ0) is 18.5. The molecular formula is C20H25N3O2S. The van der Waals surface area contributed by atoms with Gasteiger partial charge in [-0.25, -0.2) is 4.98 Å². The number of aromatic nitrogens is 2. The SMILES string of the molecule is CC(C)CCn1c(SCC(=O)NC(C)c2ccco2)nc2ccccc21. The highest BCUT2D eigenvalue weighted by atomic mass is 32.2. The minimum atomic E-state index is -0.141. The Kier molecular flexibility index (Phi) is 6.04. The molecule has 138 valence electrons. The Balaban J connectivity index is 1.67. The normalized spacial score (nSPS) is 12.6. The molecule has 0 aliphatic carbocycles. The number of hydrogen-bond acceptors (Lipinski definition) is 4. The average molecular weight is 372 g/mol. The van der Waals surface area contributed by atoms with Crippen molar-refractivity contribution in [2.24, 2.45) is 5.92 Å². The molecule has 2 heterocycles. The summed E-state index contributed by atoms with van der Waals surface area (Å²) in [6, 6.07) is 11.7. The van der Waals surface area contributed by atoms with Crippen molar-refractivity contribution in [1.29, 1.82) is 0 Å². The number of para-hydroxylation sites is 2. The van der Waals surface area contributed by atoms with E-state index in [1.807, 2.05) is 37.3 Å². The first-order valence-electron chi connectivity index (χ1n) is 8.95. The Morgan fingerprint density at radius 2 is 2.04 bits per heavy atom. The number of imidazole rings is 1. The van der Waals surface area contributed by atoms with Gasteiger partial charge in [0.1, 0.15) is 5.76 Å². The average Bonchev–Trinajstić information content (AvgIpc) is 3.26. The Labute approximate surface area is 158 Å². The highest BCUT2D eigenvalue weighted by Crippen LogP contribution is 2.25. The number of nitrogens with zero attached hydrogens (tertiary/aromatic N) is 2. The first-order chi connectivity index (χ1) is 12.5. The molecule has 1 aromatic carbocycles. The molecule has 0 fully saturated rings. The van der Waals surface area contributed by atoms with Gasteiger partial charge >= 0.3 is 0 Å². The van der Waals surface area contributed by atoms with Gasteiger partial charge in [-0.2, -0.15) is 0 Å². The van der Waals surface area contributed by atoms with Crippen LogP contribution in [0.25, 0.3) is 11.0 Å². The van der Waals surface area contributed by atoms with E-state index in [0.29, 0.717) is 11.7 Å². The van der Waals surface area contributed by atoms with Crippen molar-refractivity contribution in [2.75, 3.05) is 5.75 Å². The first kappa shape index (κ1) is 18.6. The third-order valence-electron chi connectivity index (χ3n) is 4.23. The smallest absolute Gasteiger partial charge is 0.231 e. The third kappa shape index (κ3) is 4.49. The maximum absolute atomic E-state index is 12.3. The first-order valence-corrected chi connectivity index (χ1v) is 9.94. The third-order valence-corrected chi connectivity index (χ3v) is 5.21. The lowest BCUT2D eigenvalue weighted by Gasteiger charge is -2.12. The zero-order valence-electron chi connectivity index (χ0n) is 15.4. The van der Waals surface area contributed by atoms with E-state index in [1.54, 1.807) is 6.26 Å². The number of aryl methyl sites for hydroxylation is 1. The minimum Gasteiger partial charge on any atom is -0.467 e. The molecule has 6 heteroatoms. The lowest BCUT2D eigenvalue weighted by molar-refractivity contribution is -0.119. The van der Waals surface area contributed by atoms with Crippen molar-refractivity contribution in [1.82, 2.24) is 14.9 Å². The molecule has 5 nitrogen and oxygen atoms in total. The molecule has 0 saturated heterocycles. The van der Waals surface area contributed by atoms with Crippen LogP contribution in [0.3, 0.4) is 0 Å². The summed E-state index contributed by atoms with van der Waals surface area (Å²) in [4.78, 5) is 17.0. The summed E-state index contributed by atoms with van der Waals surface area (Å²) in [7, 11) is 0. The maximum atomic E-state index is 12.3. The van der Waals surface area contributed by atoms with E-state index in [2.05, 4.69) is 29.8 Å². The summed E-state index contributed by atoms with van der Waals surface area (Å²) in [6.45, 7) is 7.26. The van der Waals surface area contributed by atoms with Crippen LogP contribution in [0, 0.1) is 5.92 Å². The summed E-state index contributed by atoms with van der Waals surface area (Å²) in [5.74, 6) is 1.68. The fourth-order valence-corrected chi connectivity index (χ4v) is 3.64. The van der Waals surface area contributed by atoms with E-state index < -0.39 is 0 Å². The van der Waals surface area contributed by atoms with Crippen molar-refractivity contribution >= 4 is 28.7 Å². The Hall–Kier alpha value is -2.21. The Morgan fingerprint density at radius 3 is 2.77 bits per heavy atom. The number of rotatable bonds is 8. The van der Waals surface area contributed by atoms with Crippen molar-refractivity contribution in [3.63, 3.8) is 0 Å². The second-order valence-electron chi connectivity index (χ2n) is 6.81. The molecule has 2 aromatic heterocycles. The highest BCUT2D eigenvalue weighted by Gasteiger charge is 2.15. The van der Waals surface area contributed by atoms with E-state index in [1.165, 1.54) is 11.8 Å². The monoisotopic (exact) mass is 371 g/mol. The van der Waals surface area contributed by atoms with Gasteiger partial charge in [0, 0.05) is 6.54 Å². The quantitative estimate of drug-likeness (QED) is 0.586. The number of thioether (sulfide) groups is 1. The van der Waals surface area contributed by atoms with Gasteiger partial charge in [-0.3, -0.25) is 4.79 Å². The number of carbonyl (C=O) groups excluding carboxylic acids is 1. The molecule has 3 rings (SSSR count). The molecule has 1 unspecified atom stereocenters. The van der Waals surface area contributed by atoms with Crippen LogP contribution in [-0.2, 0) is 11.3 Å². The fourth-order valence-electron chi connectivity index (χ4n) is 2.79. The van der Waals surface area contributed by atoms with Crippen LogP contribution in [0.4, 0.5) is 0 Å². The van der Waals surface area contributed by atoms with Crippen molar-refractivity contribution in [3.05, 3.63) is 48.4 Å². The van der Waals surface area contributed by atoms with Gasteiger partial charge in [0.2, 0.25) is 5.91 Å². The molecule has 1 N–H and O–H groups in total. The van der Waals surface area contributed by atoms with Crippen LogP contribution in [0.15, 0.2) is 52.2 Å². The highest BCUT2D eigenvalue weighted by molar-refractivity contribution is 7.99. The van der Waals surface area contributed by atoms with Crippen molar-refractivity contribution < 1.29 is 9.21 Å². The van der Waals surface area contributed by atoms with E-state index in [0.717, 1.165) is 34.9 Å². The van der Waals surface area contributed by atoms with E-state index in [-0.39, 0.29) is 11.9 Å².